The molecule has 0 bridgehead atoms. The summed E-state index contributed by atoms with van der Waals surface area (Å²) in [6.45, 7) is 0. The van der Waals surface area contributed by atoms with E-state index in [0.29, 0.717) is 23.4 Å². The first-order valence-electron chi connectivity index (χ1n) is 22.8. The molecule has 318 valence electrons. The Morgan fingerprint density at radius 2 is 0.676 bits per heavy atom. The van der Waals surface area contributed by atoms with Crippen LogP contribution in [0.2, 0.25) is 0 Å². The molecule has 0 unspecified atom stereocenters. The van der Waals surface area contributed by atoms with Gasteiger partial charge >= 0.3 is 0 Å². The Bertz CT molecular complexity index is 3940. The molecule has 4 heterocycles. The van der Waals surface area contributed by atoms with Gasteiger partial charge in [-0.1, -0.05) is 206 Å². The lowest BCUT2D eigenvalue weighted by Gasteiger charge is -2.16. The maximum Gasteiger partial charge on any atom is 0.238 e. The fourth-order valence-corrected chi connectivity index (χ4v) is 9.65. The van der Waals surface area contributed by atoms with Crippen LogP contribution in [0.15, 0.2) is 237 Å². The van der Waals surface area contributed by atoms with E-state index < -0.39 is 0 Å². The first-order chi connectivity index (χ1) is 33.7. The molecule has 0 radical (unpaired) electrons. The van der Waals surface area contributed by atoms with E-state index >= 15 is 0 Å². The maximum atomic E-state index is 5.42. The van der Waals surface area contributed by atoms with Crippen molar-refractivity contribution in [2.75, 3.05) is 0 Å². The molecule has 7 heteroatoms. The molecule has 0 fully saturated rings. The quantitative estimate of drug-likeness (QED) is 0.152. The van der Waals surface area contributed by atoms with Crippen LogP contribution in [0, 0.1) is 0 Å². The Hall–Kier alpha value is -9.33. The number of nitrogens with zero attached hydrogens (tertiary/aromatic N) is 7. The molecule has 9 aromatic carbocycles. The summed E-state index contributed by atoms with van der Waals surface area (Å²) in [6, 6.07) is 82.1. The van der Waals surface area contributed by atoms with Gasteiger partial charge in [-0.2, -0.15) is 9.97 Å². The summed E-state index contributed by atoms with van der Waals surface area (Å²) in [5, 5.41) is 4.41. The monoisotopic (exact) mass is 869 g/mol. The van der Waals surface area contributed by atoms with E-state index in [1.807, 2.05) is 72.8 Å². The molecule has 13 rings (SSSR count). The number of para-hydroxylation sites is 3. The zero-order chi connectivity index (χ0) is 45.0. The van der Waals surface area contributed by atoms with Crippen molar-refractivity contribution in [3.63, 3.8) is 0 Å². The smallest absolute Gasteiger partial charge is 0.238 e. The molecule has 0 aliphatic heterocycles. The Labute approximate surface area is 392 Å². The van der Waals surface area contributed by atoms with Crippen molar-refractivity contribution < 1.29 is 0 Å². The number of hydrogen-bond donors (Lipinski definition) is 0. The van der Waals surface area contributed by atoms with Crippen molar-refractivity contribution >= 4 is 43.6 Å². The number of fused-ring (bicyclic) bond motifs is 7. The van der Waals surface area contributed by atoms with Gasteiger partial charge in [0.1, 0.15) is 0 Å². The average Bonchev–Trinajstić information content (AvgIpc) is 3.95. The number of hydrogen-bond acceptors (Lipinski definition) is 5. The van der Waals surface area contributed by atoms with Crippen molar-refractivity contribution in [3.05, 3.63) is 237 Å². The summed E-state index contributed by atoms with van der Waals surface area (Å²) in [4.78, 5) is 26.5. The van der Waals surface area contributed by atoms with Crippen molar-refractivity contribution in [1.82, 2.24) is 34.1 Å². The summed E-state index contributed by atoms with van der Waals surface area (Å²) in [6.07, 6.45) is 0. The van der Waals surface area contributed by atoms with E-state index in [2.05, 4.69) is 173 Å². The van der Waals surface area contributed by atoms with Crippen LogP contribution in [0.5, 0.6) is 0 Å². The van der Waals surface area contributed by atoms with Gasteiger partial charge < -0.3 is 4.57 Å². The van der Waals surface area contributed by atoms with Gasteiger partial charge in [-0.3, -0.25) is 4.57 Å². The molecule has 7 nitrogen and oxygen atoms in total. The molecule has 4 aromatic heterocycles. The standard InChI is InChI=1S/C61H39N7/c1-5-19-40(20-6-1)41-33-35-43(36-34-41)52-39-51(42-21-7-2-8-22-42)62-60(63-52)50-29-15-18-32-55(50)67-53-30-16-13-27-46(53)48-37-38-49-47-28-14-17-31-54(47)68(57(49)56(48)67)61-65-58(44-23-9-3-10-24-44)64-59(66-61)45-25-11-4-12-26-45/h1-39H. The fourth-order valence-electron chi connectivity index (χ4n) is 9.65. The topological polar surface area (TPSA) is 74.3 Å². The van der Waals surface area contributed by atoms with Crippen LogP contribution in [0.1, 0.15) is 0 Å². The van der Waals surface area contributed by atoms with Gasteiger partial charge in [0, 0.05) is 49.4 Å². The molecule has 13 aromatic rings. The second kappa shape index (κ2) is 16.3. The van der Waals surface area contributed by atoms with Crippen molar-refractivity contribution in [2.45, 2.75) is 0 Å². The van der Waals surface area contributed by atoms with Crippen molar-refractivity contribution in [2.24, 2.45) is 0 Å². The zero-order valence-electron chi connectivity index (χ0n) is 36.6. The molecule has 0 N–H and O–H groups in total. The minimum Gasteiger partial charge on any atom is -0.306 e. The van der Waals surface area contributed by atoms with Crippen LogP contribution in [0.3, 0.4) is 0 Å². The second-order valence-corrected chi connectivity index (χ2v) is 16.9. The zero-order valence-corrected chi connectivity index (χ0v) is 36.6. The summed E-state index contributed by atoms with van der Waals surface area (Å²) >= 11 is 0. The third kappa shape index (κ3) is 6.64. The van der Waals surface area contributed by atoms with E-state index in [4.69, 9.17) is 24.9 Å². The largest absolute Gasteiger partial charge is 0.306 e. The molecule has 0 aliphatic carbocycles. The number of rotatable bonds is 8. The highest BCUT2D eigenvalue weighted by molar-refractivity contribution is 6.24. The van der Waals surface area contributed by atoms with Gasteiger partial charge in [-0.15, -0.1) is 0 Å². The molecule has 68 heavy (non-hydrogen) atoms. The summed E-state index contributed by atoms with van der Waals surface area (Å²) in [7, 11) is 0. The minimum absolute atomic E-state index is 0.531. The second-order valence-electron chi connectivity index (χ2n) is 16.9. The third-order valence-corrected chi connectivity index (χ3v) is 12.8. The molecule has 0 aliphatic rings. The molecule has 0 saturated heterocycles. The maximum absolute atomic E-state index is 5.42. The molecule has 0 amide bonds. The highest BCUT2D eigenvalue weighted by atomic mass is 15.2. The SMILES string of the molecule is c1ccc(-c2ccc(-c3cc(-c4ccccc4)nc(-c4ccccc4-n4c5ccccc5c5ccc6c7ccccc7n(-c7nc(-c8ccccc8)nc(-c8ccccc8)n7)c6c54)n3)cc2)cc1. The average molecular weight is 870 g/mol. The van der Waals surface area contributed by atoms with Crippen molar-refractivity contribution in [3.8, 4) is 79.4 Å². The van der Waals surface area contributed by atoms with Crippen LogP contribution in [-0.4, -0.2) is 34.1 Å². The molecule has 0 spiro atoms. The Kier molecular flexibility index (Phi) is 9.35. The first-order valence-corrected chi connectivity index (χ1v) is 22.8. The Morgan fingerprint density at radius 1 is 0.265 bits per heavy atom. The van der Waals surface area contributed by atoms with Gasteiger partial charge in [-0.05, 0) is 41.5 Å². The normalized spacial score (nSPS) is 11.5. The number of benzene rings is 9. The first kappa shape index (κ1) is 39.1. The van der Waals surface area contributed by atoms with Gasteiger partial charge in [0.2, 0.25) is 5.95 Å². The summed E-state index contributed by atoms with van der Waals surface area (Å²) < 4.78 is 4.62. The highest BCUT2D eigenvalue weighted by Gasteiger charge is 2.25. The highest BCUT2D eigenvalue weighted by Crippen LogP contribution is 2.43. The van der Waals surface area contributed by atoms with Gasteiger partial charge in [0.05, 0.1) is 39.1 Å². The van der Waals surface area contributed by atoms with Gasteiger partial charge in [-0.25, -0.2) is 15.0 Å². The molecular formula is C61H39N7. The van der Waals surface area contributed by atoms with E-state index in [1.54, 1.807) is 0 Å². The minimum atomic E-state index is 0.531. The fraction of sp³-hybridized carbons (Fsp3) is 0. The lowest BCUT2D eigenvalue weighted by molar-refractivity contribution is 0.953. The predicted molar refractivity (Wildman–Crippen MR) is 277 cm³/mol. The lowest BCUT2D eigenvalue weighted by atomic mass is 10.0. The summed E-state index contributed by atoms with van der Waals surface area (Å²) in [5.41, 5.74) is 13.7. The van der Waals surface area contributed by atoms with Crippen molar-refractivity contribution in [1.29, 1.82) is 0 Å². The van der Waals surface area contributed by atoms with Crippen LogP contribution < -0.4 is 0 Å². The van der Waals surface area contributed by atoms with Crippen LogP contribution in [-0.2, 0) is 0 Å². The Morgan fingerprint density at radius 3 is 1.25 bits per heavy atom. The van der Waals surface area contributed by atoms with E-state index in [9.17, 15) is 0 Å². The van der Waals surface area contributed by atoms with Crippen LogP contribution in [0.4, 0.5) is 0 Å². The van der Waals surface area contributed by atoms with Gasteiger partial charge in [0.15, 0.2) is 17.5 Å². The molecule has 0 atom stereocenters. The molecule has 0 saturated carbocycles. The lowest BCUT2D eigenvalue weighted by Crippen LogP contribution is -2.07. The predicted octanol–water partition coefficient (Wildman–Crippen LogP) is 14.9. The van der Waals surface area contributed by atoms with Crippen LogP contribution >= 0.6 is 0 Å². The Balaban J connectivity index is 1.09. The van der Waals surface area contributed by atoms with E-state index in [0.717, 1.165) is 94.1 Å². The van der Waals surface area contributed by atoms with Gasteiger partial charge in [0.25, 0.3) is 0 Å². The molecular weight excluding hydrogens is 831 g/mol. The summed E-state index contributed by atoms with van der Waals surface area (Å²) in [5.74, 6) is 2.35. The number of aromatic nitrogens is 7. The van der Waals surface area contributed by atoms with E-state index in [-0.39, 0.29) is 0 Å². The third-order valence-electron chi connectivity index (χ3n) is 12.8. The van der Waals surface area contributed by atoms with E-state index in [1.165, 1.54) is 5.56 Å². The van der Waals surface area contributed by atoms with Crippen LogP contribution in [0.25, 0.3) is 123 Å².